The van der Waals surface area contributed by atoms with Crippen LogP contribution in [0.5, 0.6) is 0 Å². The second-order valence-electron chi connectivity index (χ2n) is 3.84. The van der Waals surface area contributed by atoms with E-state index in [4.69, 9.17) is 0 Å². The Balaban J connectivity index is 1.62. The molecule has 2 unspecified atom stereocenters. The average molecular weight is 209 g/mol. The molecular formula is C9H11N3OS. The molecule has 14 heavy (non-hydrogen) atoms. The molecule has 2 heterocycles. The van der Waals surface area contributed by atoms with Crippen LogP contribution in [0.4, 0.5) is 5.13 Å². The minimum Gasteiger partial charge on any atom is -0.316 e. The van der Waals surface area contributed by atoms with Crippen LogP contribution in [0, 0.1) is 17.8 Å². The zero-order valence-electron chi connectivity index (χ0n) is 7.56. The van der Waals surface area contributed by atoms with E-state index in [2.05, 4.69) is 15.6 Å². The Morgan fingerprint density at radius 1 is 1.57 bits per heavy atom. The Morgan fingerprint density at radius 2 is 2.36 bits per heavy atom. The summed E-state index contributed by atoms with van der Waals surface area (Å²) in [6.07, 6.45) is 1.70. The molecule has 0 radical (unpaired) electrons. The fourth-order valence-electron chi connectivity index (χ4n) is 2.28. The van der Waals surface area contributed by atoms with Crippen molar-refractivity contribution < 1.29 is 4.79 Å². The van der Waals surface area contributed by atoms with Gasteiger partial charge in [0.25, 0.3) is 0 Å². The normalized spacial score (nSPS) is 33.9. The van der Waals surface area contributed by atoms with Crippen molar-refractivity contribution in [1.29, 1.82) is 0 Å². The molecule has 1 aromatic rings. The van der Waals surface area contributed by atoms with Crippen molar-refractivity contribution in [2.45, 2.75) is 0 Å². The first-order chi connectivity index (χ1) is 6.86. The van der Waals surface area contributed by atoms with Crippen molar-refractivity contribution in [3.63, 3.8) is 0 Å². The lowest BCUT2D eigenvalue weighted by Gasteiger charge is -2.03. The summed E-state index contributed by atoms with van der Waals surface area (Å²) in [6.45, 7) is 2.00. The molecular weight excluding hydrogens is 198 g/mol. The SMILES string of the molecule is O=C(Nc1nccs1)C1C2CNCC21. The Bertz CT molecular complexity index is 341. The van der Waals surface area contributed by atoms with Gasteiger partial charge in [0.2, 0.25) is 5.91 Å². The quantitative estimate of drug-likeness (QED) is 0.747. The van der Waals surface area contributed by atoms with E-state index < -0.39 is 0 Å². The zero-order valence-corrected chi connectivity index (χ0v) is 8.38. The number of piperidine rings is 1. The van der Waals surface area contributed by atoms with Gasteiger partial charge in [0, 0.05) is 17.5 Å². The molecule has 5 heteroatoms. The lowest BCUT2D eigenvalue weighted by atomic mass is 10.2. The van der Waals surface area contributed by atoms with Gasteiger partial charge in [0.15, 0.2) is 5.13 Å². The molecule has 2 N–H and O–H groups in total. The van der Waals surface area contributed by atoms with Crippen LogP contribution in [0.25, 0.3) is 0 Å². The monoisotopic (exact) mass is 209 g/mol. The maximum atomic E-state index is 11.7. The van der Waals surface area contributed by atoms with E-state index in [0.29, 0.717) is 17.0 Å². The second kappa shape index (κ2) is 3.03. The van der Waals surface area contributed by atoms with Gasteiger partial charge in [0.1, 0.15) is 0 Å². The Hall–Kier alpha value is -0.940. The molecule has 4 nitrogen and oxygen atoms in total. The minimum atomic E-state index is 0.149. The number of fused-ring (bicyclic) bond motifs is 1. The summed E-state index contributed by atoms with van der Waals surface area (Å²) in [5.74, 6) is 1.54. The van der Waals surface area contributed by atoms with E-state index in [1.807, 2.05) is 5.38 Å². The largest absolute Gasteiger partial charge is 0.316 e. The van der Waals surface area contributed by atoms with Crippen LogP contribution in [0.1, 0.15) is 0 Å². The molecule has 2 atom stereocenters. The fraction of sp³-hybridized carbons (Fsp3) is 0.556. The highest BCUT2D eigenvalue weighted by molar-refractivity contribution is 7.13. The van der Waals surface area contributed by atoms with E-state index in [0.717, 1.165) is 13.1 Å². The number of nitrogens with one attached hydrogen (secondary N) is 2. The van der Waals surface area contributed by atoms with Crippen molar-refractivity contribution in [1.82, 2.24) is 10.3 Å². The first-order valence-electron chi connectivity index (χ1n) is 4.77. The van der Waals surface area contributed by atoms with Crippen molar-refractivity contribution >= 4 is 22.4 Å². The summed E-state index contributed by atoms with van der Waals surface area (Å²) in [5, 5.41) is 8.71. The molecule has 74 valence electrons. The van der Waals surface area contributed by atoms with E-state index in [1.165, 1.54) is 11.3 Å². The number of hydrogen-bond acceptors (Lipinski definition) is 4. The summed E-state index contributed by atoms with van der Waals surface area (Å²) in [5.41, 5.74) is 0. The zero-order chi connectivity index (χ0) is 9.54. The van der Waals surface area contributed by atoms with Crippen LogP contribution >= 0.6 is 11.3 Å². The highest BCUT2D eigenvalue weighted by Gasteiger charge is 2.56. The fourth-order valence-corrected chi connectivity index (χ4v) is 2.81. The van der Waals surface area contributed by atoms with Gasteiger partial charge in [-0.2, -0.15) is 0 Å². The van der Waals surface area contributed by atoms with Gasteiger partial charge in [-0.25, -0.2) is 4.98 Å². The summed E-state index contributed by atoms with van der Waals surface area (Å²) in [4.78, 5) is 15.7. The van der Waals surface area contributed by atoms with Gasteiger partial charge in [-0.1, -0.05) is 0 Å². The van der Waals surface area contributed by atoms with Crippen LogP contribution in [-0.2, 0) is 4.79 Å². The third kappa shape index (κ3) is 1.24. The van der Waals surface area contributed by atoms with Crippen LogP contribution in [-0.4, -0.2) is 24.0 Å². The molecule has 0 aromatic carbocycles. The predicted molar refractivity (Wildman–Crippen MR) is 54.1 cm³/mol. The predicted octanol–water partition coefficient (Wildman–Crippen LogP) is 0.547. The number of rotatable bonds is 2. The molecule has 1 saturated carbocycles. The number of aromatic nitrogens is 1. The number of anilines is 1. The first-order valence-corrected chi connectivity index (χ1v) is 5.65. The van der Waals surface area contributed by atoms with Crippen molar-refractivity contribution in [3.8, 4) is 0 Å². The average Bonchev–Trinajstić information content (AvgIpc) is 2.63. The summed E-state index contributed by atoms with van der Waals surface area (Å²) in [7, 11) is 0. The molecule has 1 aliphatic heterocycles. The van der Waals surface area contributed by atoms with Gasteiger partial charge < -0.3 is 10.6 Å². The van der Waals surface area contributed by atoms with Gasteiger partial charge >= 0.3 is 0 Å². The molecule has 2 fully saturated rings. The Morgan fingerprint density at radius 3 is 3.00 bits per heavy atom. The lowest BCUT2D eigenvalue weighted by Crippen LogP contribution is -2.23. The van der Waals surface area contributed by atoms with Crippen LogP contribution < -0.4 is 10.6 Å². The molecule has 1 saturated heterocycles. The third-order valence-corrected chi connectivity index (χ3v) is 3.75. The number of carbonyl (C=O) groups excluding carboxylic acids is 1. The summed E-state index contributed by atoms with van der Waals surface area (Å²) >= 11 is 1.47. The highest BCUT2D eigenvalue weighted by Crippen LogP contribution is 2.49. The lowest BCUT2D eigenvalue weighted by molar-refractivity contribution is -0.118. The van der Waals surface area contributed by atoms with E-state index in [1.54, 1.807) is 6.20 Å². The van der Waals surface area contributed by atoms with Crippen LogP contribution in [0.15, 0.2) is 11.6 Å². The van der Waals surface area contributed by atoms with E-state index in [-0.39, 0.29) is 11.8 Å². The van der Waals surface area contributed by atoms with Crippen molar-refractivity contribution in [2.75, 3.05) is 18.4 Å². The highest BCUT2D eigenvalue weighted by atomic mass is 32.1. The standard InChI is InChI=1S/C9H11N3OS/c13-8(12-9-11-1-2-14-9)7-5-3-10-4-6(5)7/h1-2,5-7,10H,3-4H2,(H,11,12,13). The number of hydrogen-bond donors (Lipinski definition) is 2. The first kappa shape index (κ1) is 8.38. The summed E-state index contributed by atoms with van der Waals surface area (Å²) in [6, 6.07) is 0. The number of carbonyl (C=O) groups is 1. The molecule has 1 aliphatic carbocycles. The van der Waals surface area contributed by atoms with E-state index in [9.17, 15) is 4.79 Å². The molecule has 3 rings (SSSR count). The van der Waals surface area contributed by atoms with Gasteiger partial charge in [-0.15, -0.1) is 11.3 Å². The van der Waals surface area contributed by atoms with Gasteiger partial charge in [-0.3, -0.25) is 4.79 Å². The Kier molecular flexibility index (Phi) is 1.81. The smallest absolute Gasteiger partial charge is 0.229 e. The molecule has 2 aliphatic rings. The molecule has 0 spiro atoms. The summed E-state index contributed by atoms with van der Waals surface area (Å²) < 4.78 is 0. The Labute approximate surface area is 85.7 Å². The minimum absolute atomic E-state index is 0.149. The molecule has 1 amide bonds. The number of amides is 1. The van der Waals surface area contributed by atoms with Crippen LogP contribution in [0.2, 0.25) is 0 Å². The molecule has 1 aromatic heterocycles. The van der Waals surface area contributed by atoms with E-state index >= 15 is 0 Å². The maximum absolute atomic E-state index is 11.7. The van der Waals surface area contributed by atoms with Gasteiger partial charge in [-0.05, 0) is 24.9 Å². The number of nitrogens with zero attached hydrogens (tertiary/aromatic N) is 1. The van der Waals surface area contributed by atoms with Gasteiger partial charge in [0.05, 0.1) is 0 Å². The maximum Gasteiger partial charge on any atom is 0.229 e. The third-order valence-electron chi connectivity index (χ3n) is 3.06. The second-order valence-corrected chi connectivity index (χ2v) is 4.73. The topological polar surface area (TPSA) is 54.0 Å². The molecule has 0 bridgehead atoms. The van der Waals surface area contributed by atoms with Crippen molar-refractivity contribution in [3.05, 3.63) is 11.6 Å². The number of thiazole rings is 1. The van der Waals surface area contributed by atoms with Crippen molar-refractivity contribution in [2.24, 2.45) is 17.8 Å². The van der Waals surface area contributed by atoms with Crippen LogP contribution in [0.3, 0.4) is 0 Å².